The Bertz CT molecular complexity index is 629. The van der Waals surface area contributed by atoms with E-state index in [0.29, 0.717) is 0 Å². The van der Waals surface area contributed by atoms with E-state index in [1.54, 1.807) is 12.1 Å². The van der Waals surface area contributed by atoms with Crippen molar-refractivity contribution in [1.82, 2.24) is 4.90 Å². The van der Waals surface area contributed by atoms with Crippen molar-refractivity contribution in [3.63, 3.8) is 0 Å². The number of rotatable bonds is 3. The number of hydrogen-bond acceptors (Lipinski definition) is 7. The molecule has 1 aromatic rings. The van der Waals surface area contributed by atoms with Gasteiger partial charge in [0.25, 0.3) is 5.69 Å². The predicted molar refractivity (Wildman–Crippen MR) is 83.2 cm³/mol. The summed E-state index contributed by atoms with van der Waals surface area (Å²) in [5.41, 5.74) is 0.712. The Morgan fingerprint density at radius 2 is 2.00 bits per heavy atom. The lowest BCUT2D eigenvalue weighted by molar-refractivity contribution is -0.384. The SMILES string of the molecule is O=[N+]([O-])c1ccc(N2N=NC3CCCC32N2CCOCC2)cc1. The van der Waals surface area contributed by atoms with Gasteiger partial charge in [-0.3, -0.25) is 15.0 Å². The summed E-state index contributed by atoms with van der Waals surface area (Å²) in [6.45, 7) is 3.18. The lowest BCUT2D eigenvalue weighted by atomic mass is 10.00. The predicted octanol–water partition coefficient (Wildman–Crippen LogP) is 2.36. The van der Waals surface area contributed by atoms with Crippen LogP contribution in [0.4, 0.5) is 11.4 Å². The average molecular weight is 317 g/mol. The molecule has 2 heterocycles. The molecule has 2 fully saturated rings. The number of nitro groups is 1. The van der Waals surface area contributed by atoms with Gasteiger partial charge in [-0.25, -0.2) is 5.01 Å². The van der Waals surface area contributed by atoms with Gasteiger partial charge >= 0.3 is 0 Å². The second kappa shape index (κ2) is 5.54. The van der Waals surface area contributed by atoms with Crippen LogP contribution in [0.3, 0.4) is 0 Å². The highest BCUT2D eigenvalue weighted by Gasteiger charge is 2.56. The number of ether oxygens (including phenoxy) is 1. The van der Waals surface area contributed by atoms with Crippen LogP contribution in [-0.2, 0) is 4.74 Å². The second-order valence-corrected chi connectivity index (χ2v) is 6.18. The normalized spacial score (nSPS) is 30.6. The van der Waals surface area contributed by atoms with E-state index in [-0.39, 0.29) is 22.3 Å². The largest absolute Gasteiger partial charge is 0.379 e. The highest BCUT2D eigenvalue weighted by Crippen LogP contribution is 2.47. The third-order valence-electron chi connectivity index (χ3n) is 5.07. The van der Waals surface area contributed by atoms with E-state index in [4.69, 9.17) is 4.74 Å². The zero-order valence-corrected chi connectivity index (χ0v) is 12.8. The number of anilines is 1. The van der Waals surface area contributed by atoms with Gasteiger partial charge < -0.3 is 4.74 Å². The van der Waals surface area contributed by atoms with Gasteiger partial charge in [0.2, 0.25) is 0 Å². The number of non-ortho nitro benzene ring substituents is 1. The highest BCUT2D eigenvalue weighted by atomic mass is 16.6. The summed E-state index contributed by atoms with van der Waals surface area (Å²) >= 11 is 0. The Balaban J connectivity index is 1.68. The minimum atomic E-state index is -0.384. The first-order valence-electron chi connectivity index (χ1n) is 8.00. The first-order chi connectivity index (χ1) is 11.2. The fourth-order valence-electron chi connectivity index (χ4n) is 3.99. The molecule has 4 rings (SSSR count). The molecular weight excluding hydrogens is 298 g/mol. The number of nitro benzene ring substituents is 1. The monoisotopic (exact) mass is 317 g/mol. The summed E-state index contributed by atoms with van der Waals surface area (Å²) < 4.78 is 5.49. The Hall–Kier alpha value is -2.06. The summed E-state index contributed by atoms with van der Waals surface area (Å²) in [6, 6.07) is 6.75. The number of nitrogens with zero attached hydrogens (tertiary/aromatic N) is 5. The summed E-state index contributed by atoms with van der Waals surface area (Å²) in [5.74, 6) is 0. The van der Waals surface area contributed by atoms with Crippen molar-refractivity contribution >= 4 is 11.4 Å². The van der Waals surface area contributed by atoms with Crippen LogP contribution in [-0.4, -0.2) is 47.8 Å². The highest BCUT2D eigenvalue weighted by molar-refractivity contribution is 5.53. The van der Waals surface area contributed by atoms with Crippen LogP contribution < -0.4 is 5.01 Å². The zero-order valence-electron chi connectivity index (χ0n) is 12.8. The molecule has 23 heavy (non-hydrogen) atoms. The summed E-state index contributed by atoms with van der Waals surface area (Å²) in [4.78, 5) is 12.9. The molecule has 0 radical (unpaired) electrons. The first kappa shape index (κ1) is 14.5. The summed E-state index contributed by atoms with van der Waals surface area (Å²) in [6.07, 6.45) is 3.15. The maximum absolute atomic E-state index is 10.9. The summed E-state index contributed by atoms with van der Waals surface area (Å²) in [5, 5.41) is 21.7. The van der Waals surface area contributed by atoms with Crippen LogP contribution in [0.1, 0.15) is 19.3 Å². The van der Waals surface area contributed by atoms with Gasteiger partial charge in [0.15, 0.2) is 0 Å². The number of benzene rings is 1. The van der Waals surface area contributed by atoms with E-state index < -0.39 is 0 Å². The van der Waals surface area contributed by atoms with Gasteiger partial charge in [0, 0.05) is 25.2 Å². The van der Waals surface area contributed by atoms with Gasteiger partial charge in [0.1, 0.15) is 11.7 Å². The molecule has 1 saturated heterocycles. The van der Waals surface area contributed by atoms with Gasteiger partial charge in [-0.15, -0.1) is 0 Å². The molecule has 0 amide bonds. The minimum Gasteiger partial charge on any atom is -0.379 e. The summed E-state index contributed by atoms with van der Waals surface area (Å²) in [7, 11) is 0. The molecule has 0 N–H and O–H groups in total. The quantitative estimate of drug-likeness (QED) is 0.631. The van der Waals surface area contributed by atoms with Gasteiger partial charge in [-0.1, -0.05) is 5.22 Å². The third kappa shape index (κ3) is 2.21. The maximum atomic E-state index is 10.9. The van der Waals surface area contributed by atoms with Crippen molar-refractivity contribution in [3.8, 4) is 0 Å². The van der Waals surface area contributed by atoms with Crippen molar-refractivity contribution in [2.45, 2.75) is 31.0 Å². The van der Waals surface area contributed by atoms with Crippen molar-refractivity contribution in [3.05, 3.63) is 34.4 Å². The Morgan fingerprint density at radius 1 is 1.26 bits per heavy atom. The van der Waals surface area contributed by atoms with E-state index in [0.717, 1.165) is 51.3 Å². The topological polar surface area (TPSA) is 83.6 Å². The van der Waals surface area contributed by atoms with Crippen LogP contribution in [0.15, 0.2) is 34.6 Å². The molecule has 1 aliphatic carbocycles. The molecule has 1 aromatic carbocycles. The standard InChI is InChI=1S/C15H19N5O3/c21-20(22)13-5-3-12(4-6-13)19-15(18-8-10-23-11-9-18)7-1-2-14(15)16-17-19/h3-6,14H,1-2,7-11H2. The van der Waals surface area contributed by atoms with Crippen LogP contribution in [0.25, 0.3) is 0 Å². The molecule has 2 atom stereocenters. The Morgan fingerprint density at radius 3 is 2.70 bits per heavy atom. The lowest BCUT2D eigenvalue weighted by Gasteiger charge is -2.46. The molecule has 0 spiro atoms. The zero-order chi connectivity index (χ0) is 15.9. The van der Waals surface area contributed by atoms with E-state index in [9.17, 15) is 10.1 Å². The lowest BCUT2D eigenvalue weighted by Crippen LogP contribution is -2.63. The van der Waals surface area contributed by atoms with Crippen molar-refractivity contribution in [2.24, 2.45) is 10.3 Å². The third-order valence-corrected chi connectivity index (χ3v) is 5.07. The first-order valence-corrected chi connectivity index (χ1v) is 8.00. The molecule has 3 aliphatic rings. The van der Waals surface area contributed by atoms with Crippen LogP contribution in [0, 0.1) is 10.1 Å². The van der Waals surface area contributed by atoms with Gasteiger partial charge in [-0.05, 0) is 31.4 Å². The van der Waals surface area contributed by atoms with Crippen molar-refractivity contribution in [2.75, 3.05) is 31.3 Å². The molecule has 0 bridgehead atoms. The van der Waals surface area contributed by atoms with E-state index in [1.165, 1.54) is 12.1 Å². The molecule has 1 saturated carbocycles. The Labute approximate surface area is 133 Å². The molecule has 122 valence electrons. The van der Waals surface area contributed by atoms with Crippen LogP contribution >= 0.6 is 0 Å². The van der Waals surface area contributed by atoms with Gasteiger partial charge in [-0.2, -0.15) is 5.11 Å². The minimum absolute atomic E-state index is 0.0910. The van der Waals surface area contributed by atoms with E-state index in [1.807, 2.05) is 5.01 Å². The fraction of sp³-hybridized carbons (Fsp3) is 0.600. The molecule has 2 aliphatic heterocycles. The Kier molecular flexibility index (Phi) is 3.50. The average Bonchev–Trinajstić information content (AvgIpc) is 3.15. The van der Waals surface area contributed by atoms with Crippen molar-refractivity contribution < 1.29 is 9.66 Å². The molecular formula is C15H19N5O3. The maximum Gasteiger partial charge on any atom is 0.269 e. The van der Waals surface area contributed by atoms with Crippen LogP contribution in [0.5, 0.6) is 0 Å². The second-order valence-electron chi connectivity index (χ2n) is 6.18. The van der Waals surface area contributed by atoms with E-state index >= 15 is 0 Å². The fourth-order valence-corrected chi connectivity index (χ4v) is 3.99. The molecule has 0 aromatic heterocycles. The van der Waals surface area contributed by atoms with Gasteiger partial charge in [0.05, 0.1) is 23.8 Å². The number of morpholine rings is 1. The molecule has 8 nitrogen and oxygen atoms in total. The molecule has 8 heteroatoms. The van der Waals surface area contributed by atoms with E-state index in [2.05, 4.69) is 15.2 Å². The molecule has 2 unspecified atom stereocenters. The smallest absolute Gasteiger partial charge is 0.269 e. The number of hydrogen-bond donors (Lipinski definition) is 0. The van der Waals surface area contributed by atoms with Crippen LogP contribution in [0.2, 0.25) is 0 Å². The number of fused-ring (bicyclic) bond motifs is 1. The van der Waals surface area contributed by atoms with Crippen molar-refractivity contribution in [1.29, 1.82) is 0 Å².